The monoisotopic (exact) mass is 295 g/mol. The van der Waals surface area contributed by atoms with Crippen molar-refractivity contribution in [3.63, 3.8) is 0 Å². The van der Waals surface area contributed by atoms with Gasteiger partial charge in [0.15, 0.2) is 0 Å². The molecular formula is C15H22ClN3O. The Kier molecular flexibility index (Phi) is 5.80. The number of amides is 1. The first-order valence-corrected chi connectivity index (χ1v) is 7.69. The molecule has 0 spiro atoms. The molecule has 1 N–H and O–H groups in total. The van der Waals surface area contributed by atoms with E-state index in [0.29, 0.717) is 23.4 Å². The smallest absolute Gasteiger partial charge is 0.269 e. The van der Waals surface area contributed by atoms with Crippen LogP contribution in [0, 0.1) is 0 Å². The Bertz CT molecular complexity index is 452. The maximum Gasteiger partial charge on any atom is 0.269 e. The van der Waals surface area contributed by atoms with Gasteiger partial charge in [-0.25, -0.2) is 4.98 Å². The van der Waals surface area contributed by atoms with Crippen molar-refractivity contribution in [2.75, 3.05) is 19.6 Å². The first-order chi connectivity index (χ1) is 9.66. The van der Waals surface area contributed by atoms with Crippen LogP contribution in [0.25, 0.3) is 0 Å². The lowest BCUT2D eigenvalue weighted by atomic mass is 10.0. The van der Waals surface area contributed by atoms with Gasteiger partial charge in [-0.15, -0.1) is 0 Å². The zero-order chi connectivity index (χ0) is 14.4. The normalized spacial score (nSPS) is 19.8. The average Bonchev–Trinajstić information content (AvgIpc) is 2.45. The molecule has 1 aliphatic rings. The van der Waals surface area contributed by atoms with Crippen molar-refractivity contribution >= 4 is 17.5 Å². The van der Waals surface area contributed by atoms with Gasteiger partial charge in [0.25, 0.3) is 5.91 Å². The lowest BCUT2D eigenvalue weighted by Gasteiger charge is -2.33. The van der Waals surface area contributed by atoms with Crippen molar-refractivity contribution in [3.05, 3.63) is 29.0 Å². The summed E-state index contributed by atoms with van der Waals surface area (Å²) in [5.41, 5.74) is 0.379. The van der Waals surface area contributed by atoms with E-state index in [1.165, 1.54) is 25.8 Å². The van der Waals surface area contributed by atoms with Crippen LogP contribution < -0.4 is 5.32 Å². The molecule has 110 valence electrons. The number of hydrogen-bond acceptors (Lipinski definition) is 3. The van der Waals surface area contributed by atoms with Crippen LogP contribution in [-0.4, -0.2) is 41.5 Å². The van der Waals surface area contributed by atoms with Crippen LogP contribution in [0.4, 0.5) is 0 Å². The molecule has 1 atom stereocenters. The highest BCUT2D eigenvalue weighted by Crippen LogP contribution is 2.16. The minimum absolute atomic E-state index is 0.154. The molecule has 2 heterocycles. The fourth-order valence-electron chi connectivity index (χ4n) is 2.60. The molecule has 1 amide bonds. The van der Waals surface area contributed by atoms with Gasteiger partial charge in [-0.05, 0) is 44.9 Å². The molecule has 0 radical (unpaired) electrons. The second kappa shape index (κ2) is 7.60. The van der Waals surface area contributed by atoms with Crippen molar-refractivity contribution in [1.82, 2.24) is 15.2 Å². The van der Waals surface area contributed by atoms with Crippen LogP contribution in [0.3, 0.4) is 0 Å². The van der Waals surface area contributed by atoms with E-state index in [-0.39, 0.29) is 5.91 Å². The molecule has 1 saturated heterocycles. The van der Waals surface area contributed by atoms with Gasteiger partial charge >= 0.3 is 0 Å². The molecule has 0 aliphatic carbocycles. The first kappa shape index (κ1) is 15.3. The van der Waals surface area contributed by atoms with E-state index in [1.807, 2.05) is 0 Å². The van der Waals surface area contributed by atoms with E-state index < -0.39 is 0 Å². The summed E-state index contributed by atoms with van der Waals surface area (Å²) >= 11 is 5.77. The molecule has 0 bridgehead atoms. The van der Waals surface area contributed by atoms with Crippen LogP contribution >= 0.6 is 11.6 Å². The van der Waals surface area contributed by atoms with Crippen molar-refractivity contribution in [1.29, 1.82) is 0 Å². The van der Waals surface area contributed by atoms with E-state index in [2.05, 4.69) is 22.1 Å². The van der Waals surface area contributed by atoms with E-state index in [0.717, 1.165) is 13.0 Å². The third-order valence-corrected chi connectivity index (χ3v) is 4.01. The number of nitrogens with zero attached hydrogens (tertiary/aromatic N) is 2. The highest BCUT2D eigenvalue weighted by atomic mass is 35.5. The zero-order valence-corrected chi connectivity index (χ0v) is 12.7. The Labute approximate surface area is 125 Å². The Morgan fingerprint density at radius 1 is 1.50 bits per heavy atom. The number of pyridine rings is 1. The first-order valence-electron chi connectivity index (χ1n) is 7.31. The van der Waals surface area contributed by atoms with Crippen LogP contribution in [0.15, 0.2) is 18.2 Å². The highest BCUT2D eigenvalue weighted by molar-refractivity contribution is 6.29. The third kappa shape index (κ3) is 4.46. The number of hydrogen-bond donors (Lipinski definition) is 1. The Morgan fingerprint density at radius 2 is 2.35 bits per heavy atom. The quantitative estimate of drug-likeness (QED) is 0.671. The number of carbonyl (C=O) groups excluding carboxylic acids is 1. The number of nitrogens with one attached hydrogen (secondary N) is 1. The number of likely N-dealkylation sites (tertiary alicyclic amines) is 1. The van der Waals surface area contributed by atoms with E-state index in [1.54, 1.807) is 18.2 Å². The Morgan fingerprint density at radius 3 is 3.10 bits per heavy atom. The minimum Gasteiger partial charge on any atom is -0.351 e. The molecule has 1 aromatic heterocycles. The zero-order valence-electron chi connectivity index (χ0n) is 11.9. The third-order valence-electron chi connectivity index (χ3n) is 3.80. The summed E-state index contributed by atoms with van der Waals surface area (Å²) in [6.45, 7) is 5.19. The standard InChI is InChI=1S/C15H22ClN3O/c1-12-6-2-3-10-19(12)11-5-9-17-15(20)13-7-4-8-14(16)18-13/h4,7-8,12H,2-3,5-6,9-11H2,1H3,(H,17,20). The predicted molar refractivity (Wildman–Crippen MR) is 81.1 cm³/mol. The molecule has 1 fully saturated rings. The highest BCUT2D eigenvalue weighted by Gasteiger charge is 2.17. The number of piperidine rings is 1. The van der Waals surface area contributed by atoms with Crippen molar-refractivity contribution < 1.29 is 4.79 Å². The fraction of sp³-hybridized carbons (Fsp3) is 0.600. The molecule has 1 aliphatic heterocycles. The summed E-state index contributed by atoms with van der Waals surface area (Å²) in [5.74, 6) is -0.154. The number of carbonyl (C=O) groups is 1. The van der Waals surface area contributed by atoms with Gasteiger partial charge in [0.05, 0.1) is 0 Å². The van der Waals surface area contributed by atoms with E-state index in [9.17, 15) is 4.79 Å². The van der Waals surface area contributed by atoms with Crippen LogP contribution in [-0.2, 0) is 0 Å². The van der Waals surface area contributed by atoms with Gasteiger partial charge < -0.3 is 10.2 Å². The summed E-state index contributed by atoms with van der Waals surface area (Å²) < 4.78 is 0. The maximum atomic E-state index is 11.9. The molecule has 1 aromatic rings. The van der Waals surface area contributed by atoms with Gasteiger partial charge in [0.1, 0.15) is 10.8 Å². The summed E-state index contributed by atoms with van der Waals surface area (Å²) in [6.07, 6.45) is 4.90. The molecule has 0 aromatic carbocycles. The number of rotatable bonds is 5. The van der Waals surface area contributed by atoms with Gasteiger partial charge in [0.2, 0.25) is 0 Å². The summed E-state index contributed by atoms with van der Waals surface area (Å²) in [4.78, 5) is 18.4. The van der Waals surface area contributed by atoms with E-state index in [4.69, 9.17) is 11.6 Å². The van der Waals surface area contributed by atoms with Gasteiger partial charge in [-0.1, -0.05) is 24.1 Å². The Hall–Kier alpha value is -1.13. The van der Waals surface area contributed by atoms with Gasteiger partial charge in [-0.3, -0.25) is 4.79 Å². The topological polar surface area (TPSA) is 45.2 Å². The van der Waals surface area contributed by atoms with Gasteiger partial charge in [0, 0.05) is 19.1 Å². The minimum atomic E-state index is -0.154. The molecule has 5 heteroatoms. The van der Waals surface area contributed by atoms with Crippen molar-refractivity contribution in [2.45, 2.75) is 38.6 Å². The lowest BCUT2D eigenvalue weighted by Crippen LogP contribution is -2.39. The molecule has 0 saturated carbocycles. The fourth-order valence-corrected chi connectivity index (χ4v) is 2.76. The summed E-state index contributed by atoms with van der Waals surface area (Å²) in [5, 5.41) is 3.24. The summed E-state index contributed by atoms with van der Waals surface area (Å²) in [6, 6.07) is 5.75. The maximum absolute atomic E-state index is 11.9. The number of aromatic nitrogens is 1. The van der Waals surface area contributed by atoms with Crippen LogP contribution in [0.5, 0.6) is 0 Å². The number of halogens is 1. The predicted octanol–water partition coefficient (Wildman–Crippen LogP) is 2.73. The second-order valence-corrected chi connectivity index (χ2v) is 5.72. The lowest BCUT2D eigenvalue weighted by molar-refractivity contribution is 0.0944. The van der Waals surface area contributed by atoms with Crippen LogP contribution in [0.1, 0.15) is 43.1 Å². The molecule has 4 nitrogen and oxygen atoms in total. The molecular weight excluding hydrogens is 274 g/mol. The average molecular weight is 296 g/mol. The SMILES string of the molecule is CC1CCCCN1CCCNC(=O)c1cccc(Cl)n1. The largest absolute Gasteiger partial charge is 0.351 e. The summed E-state index contributed by atoms with van der Waals surface area (Å²) in [7, 11) is 0. The van der Waals surface area contributed by atoms with Gasteiger partial charge in [-0.2, -0.15) is 0 Å². The molecule has 20 heavy (non-hydrogen) atoms. The van der Waals surface area contributed by atoms with Crippen LogP contribution in [0.2, 0.25) is 5.15 Å². The second-order valence-electron chi connectivity index (χ2n) is 5.34. The van der Waals surface area contributed by atoms with Crippen molar-refractivity contribution in [2.24, 2.45) is 0 Å². The molecule has 1 unspecified atom stereocenters. The van der Waals surface area contributed by atoms with Crippen molar-refractivity contribution in [3.8, 4) is 0 Å². The molecule has 2 rings (SSSR count). The Balaban J connectivity index is 1.69. The van der Waals surface area contributed by atoms with E-state index >= 15 is 0 Å².